The number of sulfonamides is 1. The average Bonchev–Trinajstić information content (AvgIpc) is 2.91. The summed E-state index contributed by atoms with van der Waals surface area (Å²) in [4.78, 5) is 0.228. The summed E-state index contributed by atoms with van der Waals surface area (Å²) in [6.45, 7) is 14.9. The Hall–Kier alpha value is -2.63. The maximum atomic E-state index is 13.1. The minimum Gasteiger partial charge on any atom is -0.322 e. The topological polar surface area (TPSA) is 72.2 Å². The van der Waals surface area contributed by atoms with E-state index in [-0.39, 0.29) is 29.8 Å². The monoisotopic (exact) mass is 644 g/mol. The molecule has 0 aliphatic heterocycles. The summed E-state index contributed by atoms with van der Waals surface area (Å²) < 4.78 is 29.1. The van der Waals surface area contributed by atoms with Gasteiger partial charge in [0, 0.05) is 19.5 Å². The largest absolute Gasteiger partial charge is 0.322 e. The van der Waals surface area contributed by atoms with Gasteiger partial charge in [0.05, 0.1) is 17.0 Å². The molecule has 0 saturated carbocycles. The van der Waals surface area contributed by atoms with Crippen LogP contribution >= 0.6 is 0 Å². The fourth-order valence-electron chi connectivity index (χ4n) is 4.35. The van der Waals surface area contributed by atoms with E-state index in [9.17, 15) is 8.42 Å². The van der Waals surface area contributed by atoms with Crippen LogP contribution in [0.1, 0.15) is 71.8 Å². The molecule has 0 radical (unpaired) electrons. The predicted octanol–water partition coefficient (Wildman–Crippen LogP) is 7.62. The Balaban J connectivity index is 0.000000431. The molecule has 0 saturated heterocycles. The first-order valence-corrected chi connectivity index (χ1v) is 14.8. The van der Waals surface area contributed by atoms with Crippen molar-refractivity contribution in [3.8, 4) is 0 Å². The van der Waals surface area contributed by atoms with Crippen LogP contribution in [0, 0.1) is 27.7 Å². The Kier molecular flexibility index (Phi) is 12.0. The first-order chi connectivity index (χ1) is 18.3. The Morgan fingerprint density at radius 2 is 1.05 bits per heavy atom. The molecule has 0 aliphatic rings. The molecule has 0 unspecified atom stereocenters. The Morgan fingerprint density at radius 3 is 1.45 bits per heavy atom. The molecule has 4 aromatic carbocycles. The molecule has 0 bridgehead atoms. The summed E-state index contributed by atoms with van der Waals surface area (Å²) in [5.41, 5.74) is 14.8. The summed E-state index contributed by atoms with van der Waals surface area (Å²) in [7, 11) is -3.75. The van der Waals surface area contributed by atoms with Crippen molar-refractivity contribution in [3.05, 3.63) is 136 Å². The molecule has 0 spiro atoms. The van der Waals surface area contributed by atoms with Crippen LogP contribution in [-0.2, 0) is 34.9 Å². The number of aryl methyl sites for hydroxylation is 4. The molecule has 3 N–H and O–H groups in total. The van der Waals surface area contributed by atoms with Crippen molar-refractivity contribution in [2.75, 3.05) is 0 Å². The van der Waals surface area contributed by atoms with Gasteiger partial charge in [-0.3, -0.25) is 0 Å². The summed E-state index contributed by atoms with van der Waals surface area (Å²) in [5.74, 6) is 0. The van der Waals surface area contributed by atoms with Gasteiger partial charge in [-0.15, -0.1) is 0 Å². The van der Waals surface area contributed by atoms with Gasteiger partial charge in [-0.05, 0) is 84.2 Å². The second kappa shape index (κ2) is 14.3. The first-order valence-electron chi connectivity index (χ1n) is 13.3. The molecule has 0 aromatic heterocycles. The quantitative estimate of drug-likeness (QED) is 0.212. The molecule has 6 heteroatoms. The van der Waals surface area contributed by atoms with E-state index >= 15 is 0 Å². The first kappa shape index (κ1) is 33.6. The molecule has 0 fully saturated rings. The predicted molar refractivity (Wildman–Crippen MR) is 163 cm³/mol. The van der Waals surface area contributed by atoms with Crippen molar-refractivity contribution in [2.24, 2.45) is 5.73 Å². The van der Waals surface area contributed by atoms with Gasteiger partial charge in [0.25, 0.3) is 0 Å². The van der Waals surface area contributed by atoms with Crippen LogP contribution in [0.15, 0.2) is 102 Å². The van der Waals surface area contributed by atoms with Gasteiger partial charge in [-0.25, -0.2) is 13.1 Å². The number of hydrogen-bond acceptors (Lipinski definition) is 3. The van der Waals surface area contributed by atoms with E-state index in [1.54, 1.807) is 12.1 Å². The fraction of sp³-hybridized carbons (Fsp3) is 0.294. The molecule has 4 aromatic rings. The Bertz CT molecular complexity index is 1410. The third kappa shape index (κ3) is 8.94. The molecule has 4 rings (SSSR count). The normalized spacial score (nSPS) is 12.9. The Morgan fingerprint density at radius 1 is 0.650 bits per heavy atom. The van der Waals surface area contributed by atoms with E-state index in [4.69, 9.17) is 5.73 Å². The summed E-state index contributed by atoms with van der Waals surface area (Å²) >= 11 is 0. The van der Waals surface area contributed by atoms with Crippen molar-refractivity contribution < 1.29 is 27.9 Å². The van der Waals surface area contributed by atoms with Gasteiger partial charge >= 0.3 is 0 Å². The smallest absolute Gasteiger partial charge is 0.241 e. The van der Waals surface area contributed by atoms with Gasteiger partial charge in [-0.2, -0.15) is 0 Å². The van der Waals surface area contributed by atoms with Gasteiger partial charge < -0.3 is 5.73 Å². The summed E-state index contributed by atoms with van der Waals surface area (Å²) in [5, 5.41) is 0. The van der Waals surface area contributed by atoms with Crippen LogP contribution < -0.4 is 10.5 Å². The van der Waals surface area contributed by atoms with Crippen molar-refractivity contribution in [2.45, 2.75) is 70.9 Å². The van der Waals surface area contributed by atoms with Crippen LogP contribution in [0.4, 0.5) is 0 Å². The number of nitrogens with two attached hydrogens (primary N) is 1. The minimum atomic E-state index is -3.75. The molecule has 0 amide bonds. The third-order valence-electron chi connectivity index (χ3n) is 7.13. The molecule has 0 heterocycles. The van der Waals surface area contributed by atoms with Crippen molar-refractivity contribution in [1.29, 1.82) is 0 Å². The zero-order valence-corrected chi connectivity index (χ0v) is 27.1. The van der Waals surface area contributed by atoms with Crippen LogP contribution in [0.5, 0.6) is 0 Å². The second-order valence-electron chi connectivity index (χ2n) is 11.2. The SMILES string of the molecule is CC(C)(C)c1ccc(S(=O)(=O)N[C@@H](c2ccccc2)[C@@H](N)c2ccccc2)cc1.Cc1cc(C)c(C)cc1C.[Ru]. The minimum absolute atomic E-state index is 0. The molecule has 214 valence electrons. The van der Waals surface area contributed by atoms with Crippen molar-refractivity contribution in [1.82, 2.24) is 4.72 Å². The molecule has 40 heavy (non-hydrogen) atoms. The molecular formula is C34H42N2O2RuS. The third-order valence-corrected chi connectivity index (χ3v) is 8.58. The average molecular weight is 644 g/mol. The van der Waals surface area contributed by atoms with E-state index in [2.05, 4.69) is 65.3 Å². The standard InChI is InChI=1S/C24H28N2O2S.C10H14.Ru/c1-24(2,3)20-14-16-21(17-15-20)29(27,28)26-23(19-12-8-5-9-13-19)22(25)18-10-6-4-7-11-18;1-7-5-9(3)10(4)6-8(7)2;/h4-17,22-23,26H,25H2,1-3H3;5-6H,1-4H3;/t22-,23-;;/m0../s1. The number of hydrogen-bond donors (Lipinski definition) is 2. The summed E-state index contributed by atoms with van der Waals surface area (Å²) in [6, 6.07) is 29.4. The van der Waals surface area contributed by atoms with Crippen LogP contribution in [0.3, 0.4) is 0 Å². The van der Waals surface area contributed by atoms with E-state index in [1.807, 2.05) is 72.8 Å². The van der Waals surface area contributed by atoms with Crippen molar-refractivity contribution in [3.63, 3.8) is 0 Å². The Labute approximate surface area is 254 Å². The zero-order chi connectivity index (χ0) is 28.8. The van der Waals surface area contributed by atoms with Crippen LogP contribution in [-0.4, -0.2) is 8.42 Å². The van der Waals surface area contributed by atoms with E-state index in [0.29, 0.717) is 0 Å². The van der Waals surface area contributed by atoms with Gasteiger partial charge in [0.2, 0.25) is 10.0 Å². The molecule has 4 nitrogen and oxygen atoms in total. The number of rotatable bonds is 6. The van der Waals surface area contributed by atoms with Gasteiger partial charge in [-0.1, -0.05) is 106 Å². The molecule has 2 atom stereocenters. The van der Waals surface area contributed by atoms with Gasteiger partial charge in [0.1, 0.15) is 0 Å². The summed E-state index contributed by atoms with van der Waals surface area (Å²) in [6.07, 6.45) is 0. The van der Waals surface area contributed by atoms with E-state index in [1.165, 1.54) is 22.3 Å². The number of benzene rings is 4. The maximum Gasteiger partial charge on any atom is 0.241 e. The molecular weight excluding hydrogens is 602 g/mol. The maximum absolute atomic E-state index is 13.1. The van der Waals surface area contributed by atoms with Crippen molar-refractivity contribution >= 4 is 10.0 Å². The number of nitrogens with one attached hydrogen (secondary N) is 1. The second-order valence-corrected chi connectivity index (χ2v) is 13.0. The van der Waals surface area contributed by atoms with Crippen LogP contribution in [0.25, 0.3) is 0 Å². The van der Waals surface area contributed by atoms with E-state index in [0.717, 1.165) is 16.7 Å². The molecule has 0 aliphatic carbocycles. The zero-order valence-electron chi connectivity index (χ0n) is 24.5. The fourth-order valence-corrected chi connectivity index (χ4v) is 5.60. The van der Waals surface area contributed by atoms with Gasteiger partial charge in [0.15, 0.2) is 0 Å². The van der Waals surface area contributed by atoms with E-state index < -0.39 is 22.1 Å². The van der Waals surface area contributed by atoms with Crippen LogP contribution in [0.2, 0.25) is 0 Å².